The van der Waals surface area contributed by atoms with Crippen molar-refractivity contribution < 1.29 is 0 Å². The first kappa shape index (κ1) is 6.72. The highest BCUT2D eigenvalue weighted by atomic mass is 14.7. The van der Waals surface area contributed by atoms with Crippen molar-refractivity contribution in [3.63, 3.8) is 0 Å². The lowest BCUT2D eigenvalue weighted by Crippen LogP contribution is -1.64. The zero-order valence-electron chi connectivity index (χ0n) is 6.96. The zero-order chi connectivity index (χ0) is 8.67. The molecule has 3 aromatic rings. The molecule has 1 aromatic heterocycles. The van der Waals surface area contributed by atoms with E-state index < -0.39 is 0 Å². The van der Waals surface area contributed by atoms with Crippen molar-refractivity contribution >= 4 is 21.8 Å². The third-order valence-corrected chi connectivity index (χ3v) is 2.23. The van der Waals surface area contributed by atoms with Crippen LogP contribution in [0.3, 0.4) is 0 Å². The molecule has 0 spiro atoms. The Morgan fingerprint density at radius 1 is 0.846 bits per heavy atom. The van der Waals surface area contributed by atoms with Crippen LogP contribution in [0.1, 0.15) is 0 Å². The van der Waals surface area contributed by atoms with Crippen LogP contribution in [0.5, 0.6) is 0 Å². The Balaban J connectivity index is 2.64. The Kier molecular flexibility index (Phi) is 1.22. The molecule has 1 N–H and O–H groups in total. The Morgan fingerprint density at radius 3 is 1.92 bits per heavy atom. The van der Waals surface area contributed by atoms with E-state index in [0.717, 1.165) is 21.8 Å². The number of aromatic nitrogens is 1. The first-order valence-corrected chi connectivity index (χ1v) is 4.24. The molecule has 0 saturated carbocycles. The van der Waals surface area contributed by atoms with Gasteiger partial charge in [-0.3, -0.25) is 0 Å². The molecule has 0 aliphatic rings. The van der Waals surface area contributed by atoms with E-state index in [1.807, 2.05) is 24.3 Å². The second-order valence-corrected chi connectivity index (χ2v) is 3.04. The van der Waals surface area contributed by atoms with Gasteiger partial charge < -0.3 is 4.98 Å². The highest BCUT2D eigenvalue weighted by molar-refractivity contribution is 6.06. The molecular formula is C12H7N. The smallest absolute Gasteiger partial charge is 0.0471 e. The van der Waals surface area contributed by atoms with Gasteiger partial charge in [0.2, 0.25) is 0 Å². The highest BCUT2D eigenvalue weighted by Gasteiger charge is 2.00. The van der Waals surface area contributed by atoms with Crippen LogP contribution < -0.4 is 0 Å². The summed E-state index contributed by atoms with van der Waals surface area (Å²) in [6.45, 7) is 0. The van der Waals surface area contributed by atoms with E-state index >= 15 is 0 Å². The molecule has 0 unspecified atom stereocenters. The van der Waals surface area contributed by atoms with Crippen LogP contribution in [-0.4, -0.2) is 4.98 Å². The van der Waals surface area contributed by atoms with Gasteiger partial charge in [-0.2, -0.15) is 0 Å². The number of fused-ring (bicyclic) bond motifs is 3. The Morgan fingerprint density at radius 2 is 1.38 bits per heavy atom. The number of nitrogens with one attached hydrogen (secondary N) is 1. The summed E-state index contributed by atoms with van der Waals surface area (Å²) in [6.07, 6.45) is 0. The molecule has 0 aliphatic heterocycles. The molecule has 60 valence electrons. The van der Waals surface area contributed by atoms with Crippen LogP contribution in [0.2, 0.25) is 0 Å². The van der Waals surface area contributed by atoms with Gasteiger partial charge in [0.1, 0.15) is 0 Å². The van der Waals surface area contributed by atoms with Gasteiger partial charge in [-0.25, -0.2) is 0 Å². The number of hydrogen-bond acceptors (Lipinski definition) is 0. The molecule has 0 atom stereocenters. The fraction of sp³-hybridized carbons (Fsp3) is 0. The normalized spacial score (nSPS) is 11.1. The largest absolute Gasteiger partial charge is 0.354 e. The number of benzene rings is 2. The molecular weight excluding hydrogens is 158 g/mol. The van der Waals surface area contributed by atoms with Gasteiger partial charge in [-0.05, 0) is 24.3 Å². The van der Waals surface area contributed by atoms with E-state index in [9.17, 15) is 0 Å². The SMILES string of the molecule is [c]1cccc2[nH]c3ccc[c]c3c12. The monoisotopic (exact) mass is 165 g/mol. The van der Waals surface area contributed by atoms with E-state index in [0.29, 0.717) is 0 Å². The van der Waals surface area contributed by atoms with Gasteiger partial charge in [0.15, 0.2) is 0 Å². The number of aromatic amines is 1. The standard InChI is InChI=1S/C12H7N/c1-3-7-11-9(5-1)10-6-2-4-8-12(10)13-11/h1-4,7-8,13H. The summed E-state index contributed by atoms with van der Waals surface area (Å²) in [5.74, 6) is 0. The predicted octanol–water partition coefficient (Wildman–Crippen LogP) is 2.92. The van der Waals surface area contributed by atoms with E-state index in [1.165, 1.54) is 0 Å². The maximum Gasteiger partial charge on any atom is 0.0471 e. The molecule has 1 heterocycles. The van der Waals surface area contributed by atoms with Crippen molar-refractivity contribution in [3.05, 3.63) is 48.5 Å². The first-order chi connectivity index (χ1) is 6.45. The lowest BCUT2D eigenvalue weighted by molar-refractivity contribution is 1.54. The second kappa shape index (κ2) is 2.36. The van der Waals surface area contributed by atoms with Gasteiger partial charge >= 0.3 is 0 Å². The van der Waals surface area contributed by atoms with Gasteiger partial charge in [0, 0.05) is 21.8 Å². The minimum atomic E-state index is 1.12. The Bertz CT molecular complexity index is 513. The van der Waals surface area contributed by atoms with Crippen molar-refractivity contribution in [2.45, 2.75) is 0 Å². The van der Waals surface area contributed by atoms with E-state index in [1.54, 1.807) is 0 Å². The molecule has 2 aromatic carbocycles. The highest BCUT2D eigenvalue weighted by Crippen LogP contribution is 2.23. The van der Waals surface area contributed by atoms with Gasteiger partial charge in [0.05, 0.1) is 0 Å². The molecule has 0 saturated heterocycles. The molecule has 3 rings (SSSR count). The van der Waals surface area contributed by atoms with Crippen molar-refractivity contribution in [2.75, 3.05) is 0 Å². The summed E-state index contributed by atoms with van der Waals surface area (Å²) >= 11 is 0. The van der Waals surface area contributed by atoms with E-state index in [-0.39, 0.29) is 0 Å². The quantitative estimate of drug-likeness (QED) is 0.527. The summed E-state index contributed by atoms with van der Waals surface area (Å²) in [4.78, 5) is 3.32. The maximum absolute atomic E-state index is 3.32. The minimum absolute atomic E-state index is 1.12. The first-order valence-electron chi connectivity index (χ1n) is 4.24. The number of hydrogen-bond donors (Lipinski definition) is 1. The third kappa shape index (κ3) is 0.872. The average molecular weight is 165 g/mol. The predicted molar refractivity (Wildman–Crippen MR) is 53.5 cm³/mol. The second-order valence-electron chi connectivity index (χ2n) is 3.04. The van der Waals surface area contributed by atoms with Crippen LogP contribution in [0.15, 0.2) is 36.4 Å². The van der Waals surface area contributed by atoms with Crippen LogP contribution in [0.25, 0.3) is 21.8 Å². The van der Waals surface area contributed by atoms with Crippen molar-refractivity contribution in [3.8, 4) is 0 Å². The molecule has 0 bridgehead atoms. The van der Waals surface area contributed by atoms with Crippen molar-refractivity contribution in [1.29, 1.82) is 0 Å². The summed E-state index contributed by atoms with van der Waals surface area (Å²) in [6, 6.07) is 18.4. The minimum Gasteiger partial charge on any atom is -0.354 e. The topological polar surface area (TPSA) is 15.8 Å². The fourth-order valence-electron chi connectivity index (χ4n) is 1.64. The Labute approximate surface area is 76.0 Å². The summed E-state index contributed by atoms with van der Waals surface area (Å²) in [5.41, 5.74) is 2.25. The maximum atomic E-state index is 3.32. The molecule has 2 radical (unpaired) electrons. The van der Waals surface area contributed by atoms with Gasteiger partial charge in [0.25, 0.3) is 0 Å². The third-order valence-electron chi connectivity index (χ3n) is 2.23. The molecule has 1 nitrogen and oxygen atoms in total. The van der Waals surface area contributed by atoms with Crippen molar-refractivity contribution in [2.24, 2.45) is 0 Å². The summed E-state index contributed by atoms with van der Waals surface area (Å²) in [7, 11) is 0. The molecule has 0 amide bonds. The van der Waals surface area contributed by atoms with Gasteiger partial charge in [-0.1, -0.05) is 24.3 Å². The van der Waals surface area contributed by atoms with Gasteiger partial charge in [-0.15, -0.1) is 0 Å². The Hall–Kier alpha value is -1.76. The average Bonchev–Trinajstić information content (AvgIpc) is 2.56. The summed E-state index contributed by atoms with van der Waals surface area (Å²) < 4.78 is 0. The van der Waals surface area contributed by atoms with Crippen LogP contribution in [0, 0.1) is 12.1 Å². The molecule has 0 aliphatic carbocycles. The van der Waals surface area contributed by atoms with E-state index in [4.69, 9.17) is 0 Å². The van der Waals surface area contributed by atoms with Crippen LogP contribution in [0.4, 0.5) is 0 Å². The number of H-pyrrole nitrogens is 1. The summed E-state index contributed by atoms with van der Waals surface area (Å²) in [5, 5.41) is 2.25. The lowest BCUT2D eigenvalue weighted by atomic mass is 10.2. The fourth-order valence-corrected chi connectivity index (χ4v) is 1.64. The lowest BCUT2D eigenvalue weighted by Gasteiger charge is -1.86. The number of rotatable bonds is 0. The molecule has 0 fully saturated rings. The zero-order valence-corrected chi connectivity index (χ0v) is 6.96. The molecule has 1 heteroatoms. The van der Waals surface area contributed by atoms with Crippen LogP contribution in [-0.2, 0) is 0 Å². The van der Waals surface area contributed by atoms with Crippen molar-refractivity contribution in [1.82, 2.24) is 4.98 Å². The van der Waals surface area contributed by atoms with E-state index in [2.05, 4.69) is 29.2 Å². The van der Waals surface area contributed by atoms with Crippen LogP contribution >= 0.6 is 0 Å². The molecule has 13 heavy (non-hydrogen) atoms.